The molecular weight excluding hydrogens is 262 g/mol. The molecule has 0 spiro atoms. The standard InChI is InChI=1S/C13H16ClN5/c1-4-15-12-16-11(14)17-13(18-12)19(3)10-8-6-5-7-9(10)2/h5-8H,4H2,1-3H3,(H,15,16,17,18). The molecule has 2 rings (SSSR count). The molecule has 19 heavy (non-hydrogen) atoms. The number of nitrogens with one attached hydrogen (secondary N) is 1. The van der Waals surface area contributed by atoms with Crippen molar-refractivity contribution in [2.24, 2.45) is 0 Å². The van der Waals surface area contributed by atoms with Gasteiger partial charge in [0.15, 0.2) is 0 Å². The fourth-order valence-electron chi connectivity index (χ4n) is 1.77. The lowest BCUT2D eigenvalue weighted by Crippen LogP contribution is -2.16. The minimum atomic E-state index is 0.182. The van der Waals surface area contributed by atoms with E-state index in [1.807, 2.05) is 50.1 Å². The van der Waals surface area contributed by atoms with Gasteiger partial charge in [0.1, 0.15) is 0 Å². The van der Waals surface area contributed by atoms with E-state index in [0.29, 0.717) is 11.9 Å². The van der Waals surface area contributed by atoms with Crippen molar-refractivity contribution >= 4 is 29.2 Å². The second-order valence-corrected chi connectivity index (χ2v) is 4.44. The average molecular weight is 278 g/mol. The Bertz CT molecular complexity index is 573. The minimum Gasteiger partial charge on any atom is -0.354 e. The van der Waals surface area contributed by atoms with Crippen LogP contribution < -0.4 is 10.2 Å². The van der Waals surface area contributed by atoms with Crippen LogP contribution in [0, 0.1) is 6.92 Å². The zero-order valence-electron chi connectivity index (χ0n) is 11.2. The summed E-state index contributed by atoms with van der Waals surface area (Å²) < 4.78 is 0. The van der Waals surface area contributed by atoms with Gasteiger partial charge in [-0.2, -0.15) is 15.0 Å². The number of halogens is 1. The van der Waals surface area contributed by atoms with E-state index in [2.05, 4.69) is 20.3 Å². The molecule has 0 fully saturated rings. The first kappa shape index (κ1) is 13.5. The molecule has 0 amide bonds. The molecule has 2 aromatic rings. The molecule has 1 aromatic heterocycles. The van der Waals surface area contributed by atoms with Crippen LogP contribution in [0.5, 0.6) is 0 Å². The summed E-state index contributed by atoms with van der Waals surface area (Å²) in [4.78, 5) is 14.4. The Morgan fingerprint density at radius 3 is 2.63 bits per heavy atom. The summed E-state index contributed by atoms with van der Waals surface area (Å²) in [6, 6.07) is 8.03. The molecule has 0 radical (unpaired) electrons. The van der Waals surface area contributed by atoms with Gasteiger partial charge in [-0.3, -0.25) is 0 Å². The third-order valence-electron chi connectivity index (χ3n) is 2.71. The van der Waals surface area contributed by atoms with E-state index in [0.717, 1.165) is 17.8 Å². The first-order valence-corrected chi connectivity index (χ1v) is 6.44. The van der Waals surface area contributed by atoms with E-state index < -0.39 is 0 Å². The number of para-hydroxylation sites is 1. The van der Waals surface area contributed by atoms with Gasteiger partial charge in [-0.25, -0.2) is 0 Å². The smallest absolute Gasteiger partial charge is 0.235 e. The van der Waals surface area contributed by atoms with Crippen molar-refractivity contribution in [3.8, 4) is 0 Å². The summed E-state index contributed by atoms with van der Waals surface area (Å²) in [6.45, 7) is 4.75. The molecule has 0 aliphatic rings. The maximum absolute atomic E-state index is 5.93. The highest BCUT2D eigenvalue weighted by Gasteiger charge is 2.12. The van der Waals surface area contributed by atoms with Gasteiger partial charge in [0.25, 0.3) is 0 Å². The zero-order chi connectivity index (χ0) is 13.8. The third kappa shape index (κ3) is 3.12. The Kier molecular flexibility index (Phi) is 4.16. The molecule has 6 heteroatoms. The predicted molar refractivity (Wildman–Crippen MR) is 78.2 cm³/mol. The average Bonchev–Trinajstić information content (AvgIpc) is 2.38. The van der Waals surface area contributed by atoms with Gasteiger partial charge in [-0.1, -0.05) is 18.2 Å². The summed E-state index contributed by atoms with van der Waals surface area (Å²) >= 11 is 5.93. The molecule has 0 unspecified atom stereocenters. The minimum absolute atomic E-state index is 0.182. The summed E-state index contributed by atoms with van der Waals surface area (Å²) in [5, 5.41) is 3.22. The molecule has 0 atom stereocenters. The number of hydrogen-bond acceptors (Lipinski definition) is 5. The van der Waals surface area contributed by atoms with Crippen LogP contribution >= 0.6 is 11.6 Å². The summed E-state index contributed by atoms with van der Waals surface area (Å²) in [5.41, 5.74) is 2.18. The van der Waals surface area contributed by atoms with Crippen molar-refractivity contribution in [3.63, 3.8) is 0 Å². The van der Waals surface area contributed by atoms with Gasteiger partial charge in [-0.05, 0) is 37.1 Å². The maximum atomic E-state index is 5.93. The lowest BCUT2D eigenvalue weighted by molar-refractivity contribution is 0.970. The monoisotopic (exact) mass is 277 g/mol. The van der Waals surface area contributed by atoms with Gasteiger partial charge >= 0.3 is 0 Å². The van der Waals surface area contributed by atoms with E-state index in [4.69, 9.17) is 11.6 Å². The van der Waals surface area contributed by atoms with E-state index in [1.54, 1.807) is 0 Å². The molecule has 1 aromatic carbocycles. The molecule has 1 heterocycles. The Morgan fingerprint density at radius 2 is 1.95 bits per heavy atom. The molecule has 100 valence electrons. The highest BCUT2D eigenvalue weighted by Crippen LogP contribution is 2.24. The Hall–Kier alpha value is -1.88. The molecule has 0 aliphatic heterocycles. The number of aromatic nitrogens is 3. The quantitative estimate of drug-likeness (QED) is 0.931. The zero-order valence-corrected chi connectivity index (χ0v) is 11.9. The molecular formula is C13H16ClN5. The van der Waals surface area contributed by atoms with Crippen molar-refractivity contribution in [2.75, 3.05) is 23.8 Å². The second-order valence-electron chi connectivity index (χ2n) is 4.10. The van der Waals surface area contributed by atoms with Gasteiger partial charge in [-0.15, -0.1) is 0 Å². The predicted octanol–water partition coefficient (Wildman–Crippen LogP) is 3.03. The van der Waals surface area contributed by atoms with Gasteiger partial charge < -0.3 is 10.2 Å². The SMILES string of the molecule is CCNc1nc(Cl)nc(N(C)c2ccccc2C)n1. The maximum Gasteiger partial charge on any atom is 0.235 e. The van der Waals surface area contributed by atoms with Gasteiger partial charge in [0.05, 0.1) is 0 Å². The summed E-state index contributed by atoms with van der Waals surface area (Å²) in [5.74, 6) is 1.00. The number of anilines is 3. The highest BCUT2D eigenvalue weighted by molar-refractivity contribution is 6.28. The normalized spacial score (nSPS) is 10.3. The van der Waals surface area contributed by atoms with Crippen LogP contribution in [-0.4, -0.2) is 28.5 Å². The van der Waals surface area contributed by atoms with Crippen molar-refractivity contribution in [1.29, 1.82) is 0 Å². The third-order valence-corrected chi connectivity index (χ3v) is 2.88. The summed E-state index contributed by atoms with van der Waals surface area (Å²) in [6.07, 6.45) is 0. The van der Waals surface area contributed by atoms with E-state index >= 15 is 0 Å². The van der Waals surface area contributed by atoms with E-state index in [1.165, 1.54) is 0 Å². The topological polar surface area (TPSA) is 53.9 Å². The molecule has 0 saturated carbocycles. The van der Waals surface area contributed by atoms with Crippen molar-refractivity contribution < 1.29 is 0 Å². The lowest BCUT2D eigenvalue weighted by Gasteiger charge is -2.19. The highest BCUT2D eigenvalue weighted by atomic mass is 35.5. The molecule has 0 aliphatic carbocycles. The second kappa shape index (κ2) is 5.84. The number of hydrogen-bond donors (Lipinski definition) is 1. The molecule has 1 N–H and O–H groups in total. The molecule has 0 saturated heterocycles. The summed E-state index contributed by atoms with van der Waals surface area (Å²) in [7, 11) is 1.91. The number of aryl methyl sites for hydroxylation is 1. The first-order chi connectivity index (χ1) is 9.11. The van der Waals surface area contributed by atoms with E-state index in [-0.39, 0.29) is 5.28 Å². The fourth-order valence-corrected chi connectivity index (χ4v) is 1.93. The lowest BCUT2D eigenvalue weighted by atomic mass is 10.2. The van der Waals surface area contributed by atoms with Crippen LogP contribution in [0.4, 0.5) is 17.6 Å². The van der Waals surface area contributed by atoms with Crippen LogP contribution in [0.1, 0.15) is 12.5 Å². The van der Waals surface area contributed by atoms with Gasteiger partial charge in [0.2, 0.25) is 17.2 Å². The first-order valence-electron chi connectivity index (χ1n) is 6.06. The number of benzene rings is 1. The van der Waals surface area contributed by atoms with Gasteiger partial charge in [0, 0.05) is 19.3 Å². The van der Waals surface area contributed by atoms with Crippen molar-refractivity contribution in [1.82, 2.24) is 15.0 Å². The number of nitrogens with zero attached hydrogens (tertiary/aromatic N) is 4. The van der Waals surface area contributed by atoms with Crippen LogP contribution in [-0.2, 0) is 0 Å². The van der Waals surface area contributed by atoms with Crippen molar-refractivity contribution in [2.45, 2.75) is 13.8 Å². The van der Waals surface area contributed by atoms with Crippen LogP contribution in [0.25, 0.3) is 0 Å². The van der Waals surface area contributed by atoms with E-state index in [9.17, 15) is 0 Å². The van der Waals surface area contributed by atoms with Crippen LogP contribution in [0.2, 0.25) is 5.28 Å². The Morgan fingerprint density at radius 1 is 1.21 bits per heavy atom. The molecule has 5 nitrogen and oxygen atoms in total. The van der Waals surface area contributed by atoms with Crippen molar-refractivity contribution in [3.05, 3.63) is 35.1 Å². The van der Waals surface area contributed by atoms with Crippen LogP contribution in [0.15, 0.2) is 24.3 Å². The Labute approximate surface area is 117 Å². The fraction of sp³-hybridized carbons (Fsp3) is 0.308. The molecule has 0 bridgehead atoms. The Balaban J connectivity index is 2.38. The van der Waals surface area contributed by atoms with Crippen LogP contribution in [0.3, 0.4) is 0 Å². The largest absolute Gasteiger partial charge is 0.354 e. The number of rotatable bonds is 4.